The van der Waals surface area contributed by atoms with E-state index in [9.17, 15) is 14.7 Å². The fraction of sp³-hybridized carbons (Fsp3) is 0. The number of fused-ring (bicyclic) bond motifs is 1. The Kier molecular flexibility index (Phi) is 5.11. The molecule has 1 amide bonds. The number of phenols is 1. The van der Waals surface area contributed by atoms with Crippen LogP contribution in [0.3, 0.4) is 0 Å². The number of nitrogens with one attached hydrogen (secondary N) is 1. The summed E-state index contributed by atoms with van der Waals surface area (Å²) in [4.78, 5) is 28.7. The van der Waals surface area contributed by atoms with Crippen LogP contribution in [0.25, 0.3) is 22.2 Å². The van der Waals surface area contributed by atoms with Crippen molar-refractivity contribution >= 4 is 46.0 Å². The fourth-order valence-corrected chi connectivity index (χ4v) is 3.47. The fourth-order valence-electron chi connectivity index (χ4n) is 2.58. The van der Waals surface area contributed by atoms with E-state index in [0.717, 1.165) is 16.7 Å². The molecular formula is C20H12ClN3O4S. The Balaban J connectivity index is 1.54. The van der Waals surface area contributed by atoms with Gasteiger partial charge in [-0.05, 0) is 30.3 Å². The molecular weight excluding hydrogens is 414 g/mol. The highest BCUT2D eigenvalue weighted by atomic mass is 35.5. The normalized spacial score (nSPS) is 11.2. The average Bonchev–Trinajstić information content (AvgIpc) is 3.20. The van der Waals surface area contributed by atoms with Crippen LogP contribution in [0.15, 0.2) is 68.2 Å². The van der Waals surface area contributed by atoms with Gasteiger partial charge in [0, 0.05) is 21.4 Å². The van der Waals surface area contributed by atoms with Crippen molar-refractivity contribution in [2.75, 3.05) is 0 Å². The molecule has 2 heterocycles. The third-order valence-electron chi connectivity index (χ3n) is 3.98. The quantitative estimate of drug-likeness (QED) is 0.291. The second kappa shape index (κ2) is 7.86. The van der Waals surface area contributed by atoms with Crippen LogP contribution in [0.5, 0.6) is 5.75 Å². The summed E-state index contributed by atoms with van der Waals surface area (Å²) in [6.07, 6.45) is 1.27. The molecule has 4 rings (SSSR count). The number of benzene rings is 2. The van der Waals surface area contributed by atoms with Gasteiger partial charge in [-0.15, -0.1) is 11.3 Å². The number of amides is 1. The number of halogens is 1. The number of nitrogens with zero attached hydrogens (tertiary/aromatic N) is 2. The Morgan fingerprint density at radius 1 is 1.24 bits per heavy atom. The van der Waals surface area contributed by atoms with Crippen LogP contribution in [0.4, 0.5) is 0 Å². The third-order valence-corrected chi connectivity index (χ3v) is 5.05. The third kappa shape index (κ3) is 4.03. The molecule has 0 fully saturated rings. The number of aromatic hydroxyl groups is 1. The minimum absolute atomic E-state index is 0.0213. The van der Waals surface area contributed by atoms with Crippen LogP contribution >= 0.6 is 22.9 Å². The van der Waals surface area contributed by atoms with Crippen molar-refractivity contribution in [3.8, 4) is 17.0 Å². The molecule has 2 aromatic carbocycles. The molecule has 0 radical (unpaired) electrons. The van der Waals surface area contributed by atoms with Gasteiger partial charge in [-0.25, -0.2) is 15.2 Å². The Morgan fingerprint density at radius 3 is 2.93 bits per heavy atom. The van der Waals surface area contributed by atoms with Gasteiger partial charge in [-0.1, -0.05) is 29.8 Å². The van der Waals surface area contributed by atoms with Crippen LogP contribution in [0, 0.1) is 0 Å². The first kappa shape index (κ1) is 18.9. The minimum atomic E-state index is -0.552. The molecule has 144 valence electrons. The van der Waals surface area contributed by atoms with Crippen molar-refractivity contribution in [1.82, 2.24) is 10.4 Å². The smallest absolute Gasteiger partial charge is 0.345 e. The van der Waals surface area contributed by atoms with Crippen LogP contribution < -0.4 is 11.1 Å². The van der Waals surface area contributed by atoms with Crippen molar-refractivity contribution < 1.29 is 14.3 Å². The second-order valence-electron chi connectivity index (χ2n) is 5.93. The highest BCUT2D eigenvalue weighted by Gasteiger charge is 2.15. The first-order valence-electron chi connectivity index (χ1n) is 8.32. The maximum absolute atomic E-state index is 12.3. The summed E-state index contributed by atoms with van der Waals surface area (Å²) < 4.78 is 5.30. The number of aromatic nitrogens is 1. The maximum Gasteiger partial charge on any atom is 0.345 e. The highest BCUT2D eigenvalue weighted by Crippen LogP contribution is 2.23. The van der Waals surface area contributed by atoms with E-state index in [2.05, 4.69) is 15.5 Å². The summed E-state index contributed by atoms with van der Waals surface area (Å²) in [6.45, 7) is 0. The Labute approximate surface area is 172 Å². The highest BCUT2D eigenvalue weighted by molar-refractivity contribution is 7.12. The topological polar surface area (TPSA) is 105 Å². The van der Waals surface area contributed by atoms with Gasteiger partial charge < -0.3 is 9.52 Å². The summed E-state index contributed by atoms with van der Waals surface area (Å²) in [7, 11) is 0. The molecule has 9 heteroatoms. The van der Waals surface area contributed by atoms with Gasteiger partial charge >= 0.3 is 5.63 Å². The number of carbonyl (C=O) groups is 1. The van der Waals surface area contributed by atoms with Gasteiger partial charge in [0.2, 0.25) is 0 Å². The van der Waals surface area contributed by atoms with Crippen molar-refractivity contribution in [3.63, 3.8) is 0 Å². The first-order chi connectivity index (χ1) is 14.0. The van der Waals surface area contributed by atoms with Crippen LogP contribution in [0.1, 0.15) is 15.4 Å². The lowest BCUT2D eigenvalue weighted by Crippen LogP contribution is -2.17. The monoisotopic (exact) mass is 425 g/mol. The zero-order valence-electron chi connectivity index (χ0n) is 14.6. The largest absolute Gasteiger partial charge is 0.507 e. The minimum Gasteiger partial charge on any atom is -0.507 e. The number of thiazole rings is 1. The van der Waals surface area contributed by atoms with E-state index in [0.29, 0.717) is 21.9 Å². The lowest BCUT2D eigenvalue weighted by atomic mass is 10.1. The molecule has 2 aromatic heterocycles. The van der Waals surface area contributed by atoms with Gasteiger partial charge in [0.25, 0.3) is 5.91 Å². The lowest BCUT2D eigenvalue weighted by Gasteiger charge is -2.00. The number of rotatable bonds is 4. The number of carbonyl (C=O) groups excluding carboxylic acids is 1. The molecule has 0 spiro atoms. The van der Waals surface area contributed by atoms with Crippen molar-refractivity contribution in [2.45, 2.75) is 0 Å². The Hall–Kier alpha value is -3.49. The Bertz CT molecular complexity index is 1310. The predicted molar refractivity (Wildman–Crippen MR) is 112 cm³/mol. The molecule has 0 aliphatic carbocycles. The van der Waals surface area contributed by atoms with Gasteiger partial charge in [-0.2, -0.15) is 5.10 Å². The number of hydrogen-bond donors (Lipinski definition) is 2. The van der Waals surface area contributed by atoms with Crippen molar-refractivity contribution in [1.29, 1.82) is 0 Å². The second-order valence-corrected chi connectivity index (χ2v) is 7.22. The molecule has 0 saturated carbocycles. The zero-order chi connectivity index (χ0) is 20.4. The number of para-hydroxylation sites is 1. The summed E-state index contributed by atoms with van der Waals surface area (Å²) in [5.41, 5.74) is 3.24. The van der Waals surface area contributed by atoms with Crippen molar-refractivity contribution in [3.05, 3.63) is 79.9 Å². The molecule has 29 heavy (non-hydrogen) atoms. The Morgan fingerprint density at radius 2 is 2.07 bits per heavy atom. The number of hydrogen-bond acceptors (Lipinski definition) is 7. The van der Waals surface area contributed by atoms with E-state index in [1.54, 1.807) is 23.6 Å². The molecule has 0 bridgehead atoms. The predicted octanol–water partition coefficient (Wildman–Crippen LogP) is 4.04. The van der Waals surface area contributed by atoms with E-state index >= 15 is 0 Å². The zero-order valence-corrected chi connectivity index (χ0v) is 16.2. The molecule has 0 aliphatic rings. The molecule has 0 aliphatic heterocycles. The van der Waals surface area contributed by atoms with Crippen LogP contribution in [0.2, 0.25) is 5.02 Å². The van der Waals surface area contributed by atoms with Crippen LogP contribution in [-0.4, -0.2) is 22.2 Å². The molecule has 2 N–H and O–H groups in total. The van der Waals surface area contributed by atoms with Gasteiger partial charge in [0.1, 0.15) is 11.3 Å². The maximum atomic E-state index is 12.3. The average molecular weight is 426 g/mol. The standard InChI is InChI=1S/C20H12ClN3O4S/c21-13-5-6-16(25)12(7-13)9-22-24-18(26)19-23-15(10-29-19)14-8-11-3-1-2-4-17(11)28-20(14)27/h1-10,25H,(H,24,26)/b22-9+. The van der Waals surface area contributed by atoms with Gasteiger partial charge in [0.05, 0.1) is 17.5 Å². The van der Waals surface area contributed by atoms with E-state index in [4.69, 9.17) is 16.0 Å². The summed E-state index contributed by atoms with van der Waals surface area (Å²) in [5, 5.41) is 16.4. The van der Waals surface area contributed by atoms with E-state index in [1.165, 1.54) is 24.4 Å². The van der Waals surface area contributed by atoms with E-state index in [-0.39, 0.29) is 16.3 Å². The van der Waals surface area contributed by atoms with Gasteiger partial charge in [0.15, 0.2) is 5.01 Å². The molecule has 0 unspecified atom stereocenters. The SMILES string of the molecule is O=C(N/N=C/c1cc(Cl)ccc1O)c1nc(-c2cc3ccccc3oc2=O)cs1. The summed E-state index contributed by atoms with van der Waals surface area (Å²) in [5.74, 6) is -0.573. The van der Waals surface area contributed by atoms with E-state index in [1.807, 2.05) is 12.1 Å². The van der Waals surface area contributed by atoms with Crippen LogP contribution in [-0.2, 0) is 0 Å². The summed E-state index contributed by atoms with van der Waals surface area (Å²) >= 11 is 6.93. The number of hydrazone groups is 1. The molecule has 0 atom stereocenters. The summed E-state index contributed by atoms with van der Waals surface area (Å²) in [6, 6.07) is 13.3. The molecule has 0 saturated heterocycles. The number of phenolic OH excluding ortho intramolecular Hbond substituents is 1. The lowest BCUT2D eigenvalue weighted by molar-refractivity contribution is 0.0955. The molecule has 7 nitrogen and oxygen atoms in total. The van der Waals surface area contributed by atoms with Crippen molar-refractivity contribution in [2.24, 2.45) is 5.10 Å². The molecule has 4 aromatic rings. The van der Waals surface area contributed by atoms with Gasteiger partial charge in [-0.3, -0.25) is 4.79 Å². The first-order valence-corrected chi connectivity index (χ1v) is 9.58. The van der Waals surface area contributed by atoms with E-state index < -0.39 is 11.5 Å².